The Hall–Kier alpha value is -0.810. The van der Waals surface area contributed by atoms with Crippen molar-refractivity contribution in [1.82, 2.24) is 15.2 Å². The summed E-state index contributed by atoms with van der Waals surface area (Å²) in [5, 5.41) is 6.41. The molecule has 0 unspecified atom stereocenters. The maximum atomic E-state index is 12.3. The van der Waals surface area contributed by atoms with Gasteiger partial charge in [0.15, 0.2) is 0 Å². The number of rotatable bonds is 4. The van der Waals surface area contributed by atoms with Gasteiger partial charge < -0.3 is 15.2 Å². The summed E-state index contributed by atoms with van der Waals surface area (Å²) in [5.41, 5.74) is 0.732. The van der Waals surface area contributed by atoms with Crippen LogP contribution in [0.25, 0.3) is 0 Å². The van der Waals surface area contributed by atoms with Crippen molar-refractivity contribution >= 4 is 21.8 Å². The molecule has 1 aromatic rings. The minimum absolute atomic E-state index is 0.0259. The summed E-state index contributed by atoms with van der Waals surface area (Å²) < 4.78 is 2.95. The highest BCUT2D eigenvalue weighted by Gasteiger charge is 2.17. The fourth-order valence-electron chi connectivity index (χ4n) is 2.47. The first kappa shape index (κ1) is 14.6. The molecule has 106 valence electrons. The van der Waals surface area contributed by atoms with Crippen molar-refractivity contribution < 1.29 is 4.79 Å². The normalized spacial score (nSPS) is 16.8. The molecule has 0 saturated carbocycles. The molecule has 0 bridgehead atoms. The Labute approximate surface area is 123 Å². The Kier molecular flexibility index (Phi) is 5.05. The van der Waals surface area contributed by atoms with Gasteiger partial charge in [0.2, 0.25) is 0 Å². The highest BCUT2D eigenvalue weighted by molar-refractivity contribution is 9.10. The van der Waals surface area contributed by atoms with Gasteiger partial charge in [0, 0.05) is 23.3 Å². The van der Waals surface area contributed by atoms with Gasteiger partial charge in [0.1, 0.15) is 5.69 Å². The van der Waals surface area contributed by atoms with Crippen LogP contribution in [-0.4, -0.2) is 30.1 Å². The summed E-state index contributed by atoms with van der Waals surface area (Å²) in [5.74, 6) is 0.633. The van der Waals surface area contributed by atoms with Crippen molar-refractivity contribution in [2.24, 2.45) is 5.92 Å². The van der Waals surface area contributed by atoms with Gasteiger partial charge in [-0.25, -0.2) is 0 Å². The largest absolute Gasteiger partial charge is 0.350 e. The van der Waals surface area contributed by atoms with Crippen LogP contribution in [0.4, 0.5) is 0 Å². The van der Waals surface area contributed by atoms with Crippen LogP contribution in [0.5, 0.6) is 0 Å². The van der Waals surface area contributed by atoms with E-state index in [4.69, 9.17) is 0 Å². The Morgan fingerprint density at radius 2 is 2.21 bits per heavy atom. The molecular weight excluding hydrogens is 306 g/mol. The van der Waals surface area contributed by atoms with Crippen molar-refractivity contribution in [2.45, 2.75) is 32.7 Å². The molecule has 0 aliphatic carbocycles. The predicted molar refractivity (Wildman–Crippen MR) is 80.4 cm³/mol. The number of nitrogens with one attached hydrogen (secondary N) is 2. The lowest BCUT2D eigenvalue weighted by Gasteiger charge is -2.23. The second-order valence-corrected chi connectivity index (χ2v) is 6.36. The second kappa shape index (κ2) is 6.57. The van der Waals surface area contributed by atoms with Gasteiger partial charge in [-0.2, -0.15) is 0 Å². The highest BCUT2D eigenvalue weighted by atomic mass is 79.9. The van der Waals surface area contributed by atoms with Gasteiger partial charge in [-0.05, 0) is 67.7 Å². The molecule has 4 nitrogen and oxygen atoms in total. The van der Waals surface area contributed by atoms with E-state index in [0.717, 1.165) is 42.6 Å². The molecule has 1 saturated heterocycles. The monoisotopic (exact) mass is 327 g/mol. The topological polar surface area (TPSA) is 46.1 Å². The van der Waals surface area contributed by atoms with Crippen molar-refractivity contribution in [1.29, 1.82) is 0 Å². The summed E-state index contributed by atoms with van der Waals surface area (Å²) in [4.78, 5) is 12.3. The summed E-state index contributed by atoms with van der Waals surface area (Å²) in [6, 6.07) is 2.17. The predicted octanol–water partition coefficient (Wildman–Crippen LogP) is 2.56. The zero-order valence-electron chi connectivity index (χ0n) is 11.6. The van der Waals surface area contributed by atoms with Gasteiger partial charge in [-0.1, -0.05) is 0 Å². The van der Waals surface area contributed by atoms with Crippen LogP contribution in [0, 0.1) is 5.92 Å². The molecule has 2 N–H and O–H groups in total. The Morgan fingerprint density at radius 1 is 1.53 bits per heavy atom. The van der Waals surface area contributed by atoms with E-state index >= 15 is 0 Å². The van der Waals surface area contributed by atoms with Crippen LogP contribution in [0.1, 0.15) is 43.2 Å². The van der Waals surface area contributed by atoms with E-state index < -0.39 is 0 Å². The van der Waals surface area contributed by atoms with Gasteiger partial charge in [0.25, 0.3) is 5.91 Å². The lowest BCUT2D eigenvalue weighted by Crippen LogP contribution is -2.36. The molecule has 0 spiro atoms. The summed E-state index contributed by atoms with van der Waals surface area (Å²) in [7, 11) is 0. The number of carbonyl (C=O) groups excluding carboxylic acids is 1. The van der Waals surface area contributed by atoms with Gasteiger partial charge in [-0.15, -0.1) is 0 Å². The van der Waals surface area contributed by atoms with Crippen LogP contribution in [0.15, 0.2) is 16.7 Å². The van der Waals surface area contributed by atoms with Gasteiger partial charge in [-0.3, -0.25) is 4.79 Å². The molecule has 0 atom stereocenters. The van der Waals surface area contributed by atoms with Crippen LogP contribution in [0.3, 0.4) is 0 Å². The fourth-order valence-corrected chi connectivity index (χ4v) is 2.91. The average Bonchev–Trinajstić information content (AvgIpc) is 2.79. The van der Waals surface area contributed by atoms with Crippen LogP contribution >= 0.6 is 15.9 Å². The van der Waals surface area contributed by atoms with Crippen LogP contribution in [-0.2, 0) is 0 Å². The van der Waals surface area contributed by atoms with Gasteiger partial charge >= 0.3 is 0 Å². The number of carbonyl (C=O) groups is 1. The third kappa shape index (κ3) is 3.83. The molecule has 1 aromatic heterocycles. The molecule has 19 heavy (non-hydrogen) atoms. The third-order valence-corrected chi connectivity index (χ3v) is 4.05. The fraction of sp³-hybridized carbons (Fsp3) is 0.643. The van der Waals surface area contributed by atoms with Crippen molar-refractivity contribution in [3.05, 3.63) is 22.4 Å². The molecule has 5 heteroatoms. The minimum atomic E-state index is 0.0259. The first-order valence-electron chi connectivity index (χ1n) is 6.94. The molecule has 0 radical (unpaired) electrons. The Bertz CT molecular complexity index is 436. The number of aromatic nitrogens is 1. The second-order valence-electron chi connectivity index (χ2n) is 5.45. The smallest absolute Gasteiger partial charge is 0.267 e. The first-order chi connectivity index (χ1) is 9.08. The van der Waals surface area contributed by atoms with E-state index in [-0.39, 0.29) is 11.9 Å². The summed E-state index contributed by atoms with van der Waals surface area (Å²) in [6.45, 7) is 7.07. The first-order valence-corrected chi connectivity index (χ1v) is 7.73. The number of piperidine rings is 1. The number of hydrogen-bond donors (Lipinski definition) is 2. The average molecular weight is 328 g/mol. The van der Waals surface area contributed by atoms with Crippen molar-refractivity contribution in [3.63, 3.8) is 0 Å². The van der Waals surface area contributed by atoms with Crippen molar-refractivity contribution in [2.75, 3.05) is 19.6 Å². The quantitative estimate of drug-likeness (QED) is 0.892. The van der Waals surface area contributed by atoms with Crippen LogP contribution in [0.2, 0.25) is 0 Å². The minimum Gasteiger partial charge on any atom is -0.350 e. The lowest BCUT2D eigenvalue weighted by molar-refractivity contribution is 0.0933. The van der Waals surface area contributed by atoms with E-state index in [2.05, 4.69) is 40.4 Å². The van der Waals surface area contributed by atoms with Crippen LogP contribution < -0.4 is 10.6 Å². The molecule has 2 rings (SSSR count). The Morgan fingerprint density at radius 3 is 2.84 bits per heavy atom. The Balaban J connectivity index is 1.95. The van der Waals surface area contributed by atoms with E-state index in [0.29, 0.717) is 5.92 Å². The number of amides is 1. The molecular formula is C14H22BrN3O. The maximum absolute atomic E-state index is 12.3. The summed E-state index contributed by atoms with van der Waals surface area (Å²) in [6.07, 6.45) is 4.26. The molecule has 1 amide bonds. The van der Waals surface area contributed by atoms with E-state index in [1.54, 1.807) is 0 Å². The van der Waals surface area contributed by atoms with Crippen molar-refractivity contribution in [3.8, 4) is 0 Å². The lowest BCUT2D eigenvalue weighted by atomic mass is 9.98. The number of hydrogen-bond acceptors (Lipinski definition) is 2. The van der Waals surface area contributed by atoms with Gasteiger partial charge in [0.05, 0.1) is 0 Å². The third-order valence-electron chi connectivity index (χ3n) is 3.61. The molecule has 1 fully saturated rings. The molecule has 2 heterocycles. The number of nitrogens with zero attached hydrogens (tertiary/aromatic N) is 1. The summed E-state index contributed by atoms with van der Waals surface area (Å²) >= 11 is 3.44. The van der Waals surface area contributed by atoms with E-state index in [1.807, 2.05) is 16.8 Å². The SMILES string of the molecule is CC(C)n1cc(Br)cc1C(=O)NCC1CCNCC1. The number of halogens is 1. The molecule has 0 aromatic carbocycles. The molecule has 1 aliphatic heterocycles. The van der Waals surface area contributed by atoms with E-state index in [1.165, 1.54) is 0 Å². The zero-order chi connectivity index (χ0) is 13.8. The standard InChI is InChI=1S/C14H22BrN3O/c1-10(2)18-9-12(15)7-13(18)14(19)17-8-11-3-5-16-6-4-11/h7,9-11,16H,3-6,8H2,1-2H3,(H,17,19). The highest BCUT2D eigenvalue weighted by Crippen LogP contribution is 2.19. The van der Waals surface area contributed by atoms with E-state index in [9.17, 15) is 4.79 Å². The zero-order valence-corrected chi connectivity index (χ0v) is 13.2. The molecule has 1 aliphatic rings. The maximum Gasteiger partial charge on any atom is 0.267 e.